The number of hydrogen-bond acceptors (Lipinski definition) is 4. The first kappa shape index (κ1) is 23.5. The number of anilines is 1. The van der Waals surface area contributed by atoms with Crippen LogP contribution in [0.3, 0.4) is 0 Å². The molecule has 170 valence electrons. The molecule has 3 atom stereocenters. The van der Waals surface area contributed by atoms with E-state index in [1.54, 1.807) is 0 Å². The molecular weight excluding hydrogens is 388 g/mol. The summed E-state index contributed by atoms with van der Waals surface area (Å²) in [6, 6.07) is 10.4. The van der Waals surface area contributed by atoms with Gasteiger partial charge in [0.2, 0.25) is 0 Å². The summed E-state index contributed by atoms with van der Waals surface area (Å²) < 4.78 is 6.49. The molecule has 1 aliphatic heterocycles. The lowest BCUT2D eigenvalue weighted by Crippen LogP contribution is -2.44. The van der Waals surface area contributed by atoms with E-state index in [1.807, 2.05) is 18.2 Å². The van der Waals surface area contributed by atoms with E-state index in [0.717, 1.165) is 37.3 Å². The highest BCUT2D eigenvalue weighted by atomic mass is 16.5. The van der Waals surface area contributed by atoms with Gasteiger partial charge in [0.1, 0.15) is 0 Å². The van der Waals surface area contributed by atoms with E-state index in [-0.39, 0.29) is 18.1 Å². The maximum atomic E-state index is 12.5. The molecule has 2 aromatic rings. The molecule has 1 saturated heterocycles. The molecule has 1 aromatic carbocycles. The minimum Gasteiger partial charge on any atom is -0.370 e. The lowest BCUT2D eigenvalue weighted by atomic mass is 9.89. The molecule has 2 N–H and O–H groups in total. The second kappa shape index (κ2) is 10.4. The molecule has 31 heavy (non-hydrogen) atoms. The molecule has 3 rings (SSSR count). The van der Waals surface area contributed by atoms with Crippen molar-refractivity contribution >= 4 is 11.6 Å². The summed E-state index contributed by atoms with van der Waals surface area (Å²) in [7, 11) is 0. The van der Waals surface area contributed by atoms with Crippen molar-refractivity contribution in [2.45, 2.75) is 78.6 Å². The average Bonchev–Trinajstić information content (AvgIpc) is 3.26. The van der Waals surface area contributed by atoms with Gasteiger partial charge in [-0.1, -0.05) is 53.7 Å². The van der Waals surface area contributed by atoms with E-state index in [2.05, 4.69) is 74.1 Å². The topological polar surface area (TPSA) is 70.2 Å². The molecule has 1 fully saturated rings. The normalized spacial score (nSPS) is 21.8. The Morgan fingerprint density at radius 3 is 2.39 bits per heavy atom. The molecule has 0 saturated carbocycles. The van der Waals surface area contributed by atoms with Crippen molar-refractivity contribution in [2.75, 3.05) is 18.4 Å². The molecular formula is C25H38N4O2. The van der Waals surface area contributed by atoms with E-state index < -0.39 is 0 Å². The number of H-pyrrole nitrogens is 1. The average molecular weight is 427 g/mol. The Balaban J connectivity index is 1.69. The molecule has 1 amide bonds. The summed E-state index contributed by atoms with van der Waals surface area (Å²) in [5.41, 5.74) is 3.30. The van der Waals surface area contributed by atoms with E-state index >= 15 is 0 Å². The predicted octanol–water partition coefficient (Wildman–Crippen LogP) is 5.37. The summed E-state index contributed by atoms with van der Waals surface area (Å²) in [6.45, 7) is 15.2. The van der Waals surface area contributed by atoms with Gasteiger partial charge in [0.15, 0.2) is 5.69 Å². The fourth-order valence-electron chi connectivity index (χ4n) is 4.34. The number of nitrogens with one attached hydrogen (secondary N) is 2. The Kier molecular flexibility index (Phi) is 7.89. The zero-order chi connectivity index (χ0) is 22.5. The highest BCUT2D eigenvalue weighted by Crippen LogP contribution is 2.36. The van der Waals surface area contributed by atoms with Crippen molar-refractivity contribution in [1.29, 1.82) is 0 Å². The van der Waals surface area contributed by atoms with Crippen LogP contribution < -0.4 is 5.32 Å². The third-order valence-corrected chi connectivity index (χ3v) is 6.39. The number of hydrogen-bond donors (Lipinski definition) is 2. The van der Waals surface area contributed by atoms with E-state index in [4.69, 9.17) is 4.74 Å². The van der Waals surface area contributed by atoms with Crippen LogP contribution in [0.25, 0.3) is 0 Å². The summed E-state index contributed by atoms with van der Waals surface area (Å²) in [6.07, 6.45) is 2.43. The van der Waals surface area contributed by atoms with Crippen molar-refractivity contribution in [1.82, 2.24) is 15.1 Å². The minimum atomic E-state index is -0.203. The number of amides is 1. The zero-order valence-electron chi connectivity index (χ0n) is 19.8. The SMILES string of the molecule is CCN(CC)[C@H]1C[C@@H](c2ccc(NC(=O)c3cc(C(C)C)[nH]n3)cc2)O[C@@H](C(C)C)C1. The summed E-state index contributed by atoms with van der Waals surface area (Å²) >= 11 is 0. The number of aromatic amines is 1. The van der Waals surface area contributed by atoms with Gasteiger partial charge in [0.25, 0.3) is 5.91 Å². The van der Waals surface area contributed by atoms with Gasteiger partial charge in [-0.2, -0.15) is 5.10 Å². The Hall–Kier alpha value is -2.18. The van der Waals surface area contributed by atoms with Crippen LogP contribution in [0.1, 0.15) is 88.2 Å². The lowest BCUT2D eigenvalue weighted by molar-refractivity contribution is -0.101. The minimum absolute atomic E-state index is 0.0800. The first-order valence-corrected chi connectivity index (χ1v) is 11.7. The Morgan fingerprint density at radius 2 is 1.84 bits per heavy atom. The molecule has 0 bridgehead atoms. The number of aromatic nitrogens is 2. The van der Waals surface area contributed by atoms with E-state index in [0.29, 0.717) is 23.6 Å². The Labute approximate surface area is 186 Å². The highest BCUT2D eigenvalue weighted by molar-refractivity contribution is 6.02. The second-order valence-corrected chi connectivity index (χ2v) is 9.19. The first-order valence-electron chi connectivity index (χ1n) is 11.7. The highest BCUT2D eigenvalue weighted by Gasteiger charge is 2.34. The third kappa shape index (κ3) is 5.74. The van der Waals surface area contributed by atoms with Crippen LogP contribution in [0.2, 0.25) is 0 Å². The van der Waals surface area contributed by atoms with Crippen molar-refractivity contribution in [2.24, 2.45) is 5.92 Å². The van der Waals surface area contributed by atoms with Crippen LogP contribution >= 0.6 is 0 Å². The third-order valence-electron chi connectivity index (χ3n) is 6.39. The van der Waals surface area contributed by atoms with Gasteiger partial charge >= 0.3 is 0 Å². The Morgan fingerprint density at radius 1 is 1.16 bits per heavy atom. The Bertz CT molecular complexity index is 839. The van der Waals surface area contributed by atoms with Crippen LogP contribution in [0, 0.1) is 5.92 Å². The summed E-state index contributed by atoms with van der Waals surface area (Å²) in [5, 5.41) is 10.00. The maximum Gasteiger partial charge on any atom is 0.276 e. The molecule has 1 aliphatic rings. The largest absolute Gasteiger partial charge is 0.370 e. The number of carbonyl (C=O) groups is 1. The molecule has 1 aromatic heterocycles. The zero-order valence-corrected chi connectivity index (χ0v) is 19.8. The first-order chi connectivity index (χ1) is 14.8. The number of benzene rings is 1. The molecule has 0 radical (unpaired) electrons. The van der Waals surface area contributed by atoms with Gasteiger partial charge in [-0.05, 0) is 61.5 Å². The van der Waals surface area contributed by atoms with Crippen LogP contribution in [0.15, 0.2) is 30.3 Å². The smallest absolute Gasteiger partial charge is 0.276 e. The molecule has 6 heteroatoms. The van der Waals surface area contributed by atoms with Crippen LogP contribution in [-0.2, 0) is 4.74 Å². The monoisotopic (exact) mass is 426 g/mol. The van der Waals surface area contributed by atoms with Crippen molar-refractivity contribution in [3.63, 3.8) is 0 Å². The van der Waals surface area contributed by atoms with Crippen LogP contribution in [0.5, 0.6) is 0 Å². The number of rotatable bonds is 8. The summed E-state index contributed by atoms with van der Waals surface area (Å²) in [4.78, 5) is 15.1. The number of nitrogens with zero attached hydrogens (tertiary/aromatic N) is 2. The second-order valence-electron chi connectivity index (χ2n) is 9.19. The molecule has 0 spiro atoms. The lowest BCUT2D eigenvalue weighted by Gasteiger charge is -2.42. The maximum absolute atomic E-state index is 12.5. The standard InChI is InChI=1S/C25H38N4O2/c1-7-29(8-2)20-13-23(17(5)6)31-24(14-20)18-9-11-19(12-10-18)26-25(30)22-15-21(16(3)4)27-28-22/h9-12,15-17,20,23-24H,7-8,13-14H2,1-6H3,(H,26,30)(H,27,28)/t20-,23-,24+/m1/s1. The molecule has 6 nitrogen and oxygen atoms in total. The van der Waals surface area contributed by atoms with E-state index in [9.17, 15) is 4.79 Å². The van der Waals surface area contributed by atoms with Crippen molar-refractivity contribution < 1.29 is 9.53 Å². The van der Waals surface area contributed by atoms with Crippen LogP contribution in [0.4, 0.5) is 5.69 Å². The van der Waals surface area contributed by atoms with Gasteiger partial charge in [-0.25, -0.2) is 0 Å². The van der Waals surface area contributed by atoms with Crippen molar-refractivity contribution in [3.8, 4) is 0 Å². The van der Waals surface area contributed by atoms with Crippen LogP contribution in [-0.4, -0.2) is 46.2 Å². The molecule has 0 unspecified atom stereocenters. The van der Waals surface area contributed by atoms with Gasteiger partial charge < -0.3 is 15.0 Å². The number of carbonyl (C=O) groups excluding carboxylic acids is 1. The van der Waals surface area contributed by atoms with Crippen molar-refractivity contribution in [3.05, 3.63) is 47.3 Å². The fraction of sp³-hybridized carbons (Fsp3) is 0.600. The fourth-order valence-corrected chi connectivity index (χ4v) is 4.34. The van der Waals surface area contributed by atoms with Gasteiger partial charge in [0, 0.05) is 17.4 Å². The quantitative estimate of drug-likeness (QED) is 0.595. The summed E-state index contributed by atoms with van der Waals surface area (Å²) in [5.74, 6) is 0.592. The van der Waals surface area contributed by atoms with Gasteiger partial charge in [-0.15, -0.1) is 0 Å². The number of ether oxygens (including phenoxy) is 1. The molecule has 0 aliphatic carbocycles. The predicted molar refractivity (Wildman–Crippen MR) is 125 cm³/mol. The van der Waals surface area contributed by atoms with Gasteiger partial charge in [-0.3, -0.25) is 9.89 Å². The van der Waals surface area contributed by atoms with E-state index in [1.165, 1.54) is 5.56 Å². The van der Waals surface area contributed by atoms with Gasteiger partial charge in [0.05, 0.1) is 12.2 Å². The molecule has 2 heterocycles.